The van der Waals surface area contributed by atoms with Gasteiger partial charge in [-0.3, -0.25) is 14.7 Å². The van der Waals surface area contributed by atoms with Gasteiger partial charge in [-0.2, -0.15) is 0 Å². The van der Waals surface area contributed by atoms with Gasteiger partial charge in [0.25, 0.3) is 5.91 Å². The van der Waals surface area contributed by atoms with Gasteiger partial charge in [-0.15, -0.1) is 0 Å². The third-order valence-electron chi connectivity index (χ3n) is 6.44. The number of para-hydroxylation sites is 1. The molecule has 4 aromatic rings. The molecule has 1 N–H and O–H groups in total. The van der Waals surface area contributed by atoms with E-state index in [1.807, 2.05) is 0 Å². The van der Waals surface area contributed by atoms with Gasteiger partial charge in [-0.25, -0.2) is 4.39 Å². The Morgan fingerprint density at radius 3 is 2.67 bits per heavy atom. The van der Waals surface area contributed by atoms with E-state index in [0.717, 1.165) is 32.5 Å². The van der Waals surface area contributed by atoms with Gasteiger partial charge in [-0.05, 0) is 48.7 Å². The molecule has 1 saturated heterocycles. The van der Waals surface area contributed by atoms with Gasteiger partial charge < -0.3 is 9.88 Å². The summed E-state index contributed by atoms with van der Waals surface area (Å²) in [6.07, 6.45) is 5.63. The molecule has 2 aromatic heterocycles. The first-order valence-corrected chi connectivity index (χ1v) is 11.3. The Morgan fingerprint density at radius 2 is 1.91 bits per heavy atom. The van der Waals surface area contributed by atoms with Crippen LogP contribution < -0.4 is 5.32 Å². The number of carbonyl (C=O) groups is 1. The molecule has 0 unspecified atom stereocenters. The number of fused-ring (bicyclic) bond motifs is 1. The third kappa shape index (κ3) is 4.66. The van der Waals surface area contributed by atoms with Gasteiger partial charge in [0.2, 0.25) is 0 Å². The van der Waals surface area contributed by atoms with E-state index >= 15 is 0 Å². The molecule has 6 heteroatoms. The molecular weight excluding hydrogens is 415 g/mol. The van der Waals surface area contributed by atoms with Crippen molar-refractivity contribution in [2.75, 3.05) is 13.1 Å². The smallest absolute Gasteiger partial charge is 0.253 e. The number of halogens is 1. The standard InChI is InChI=1S/C27H27FN4O/c1-31-17-21(24-7-2-3-8-26(24)31)18-32-13-11-23(12-14-32)30-27(33)20-9-10-25(29-16-20)19-5-4-6-22(28)15-19/h2-10,15-17,23H,11-14,18H2,1H3,(H,30,33). The fraction of sp³-hybridized carbons (Fsp3) is 0.259. The number of aryl methyl sites for hydroxylation is 1. The van der Waals surface area contributed by atoms with Crippen LogP contribution in [0.25, 0.3) is 22.2 Å². The number of amides is 1. The van der Waals surface area contributed by atoms with Crippen LogP contribution in [0.4, 0.5) is 4.39 Å². The molecule has 5 nitrogen and oxygen atoms in total. The zero-order chi connectivity index (χ0) is 22.8. The van der Waals surface area contributed by atoms with E-state index in [-0.39, 0.29) is 17.8 Å². The molecule has 3 heterocycles. The minimum Gasteiger partial charge on any atom is -0.350 e. The van der Waals surface area contributed by atoms with Crippen LogP contribution in [0.1, 0.15) is 28.8 Å². The van der Waals surface area contributed by atoms with E-state index in [0.29, 0.717) is 16.8 Å². The Bertz CT molecular complexity index is 1270. The van der Waals surface area contributed by atoms with E-state index in [1.54, 1.807) is 30.5 Å². The monoisotopic (exact) mass is 442 g/mol. The molecule has 0 bridgehead atoms. The van der Waals surface area contributed by atoms with E-state index in [2.05, 4.69) is 57.3 Å². The summed E-state index contributed by atoms with van der Waals surface area (Å²) in [5.74, 6) is -0.413. The summed E-state index contributed by atoms with van der Waals surface area (Å²) in [7, 11) is 2.09. The lowest BCUT2D eigenvalue weighted by atomic mass is 10.0. The van der Waals surface area contributed by atoms with E-state index in [1.165, 1.54) is 28.6 Å². The molecule has 0 atom stereocenters. The lowest BCUT2D eigenvalue weighted by Gasteiger charge is -2.32. The number of nitrogens with zero attached hydrogens (tertiary/aromatic N) is 3. The predicted molar refractivity (Wildman–Crippen MR) is 128 cm³/mol. The van der Waals surface area contributed by atoms with Crippen LogP contribution >= 0.6 is 0 Å². The number of aromatic nitrogens is 2. The molecule has 33 heavy (non-hydrogen) atoms. The number of carbonyl (C=O) groups excluding carboxylic acids is 1. The molecule has 1 aliphatic rings. The van der Waals surface area contributed by atoms with Gasteiger partial charge in [-0.1, -0.05) is 30.3 Å². The van der Waals surface area contributed by atoms with E-state index < -0.39 is 0 Å². The molecule has 1 aliphatic heterocycles. The van der Waals surface area contributed by atoms with Crippen molar-refractivity contribution >= 4 is 16.8 Å². The molecule has 0 saturated carbocycles. The summed E-state index contributed by atoms with van der Waals surface area (Å²) in [4.78, 5) is 19.5. The number of nitrogens with one attached hydrogen (secondary N) is 1. The maximum atomic E-state index is 13.4. The Morgan fingerprint density at radius 1 is 1.09 bits per heavy atom. The second-order valence-electron chi connectivity index (χ2n) is 8.75. The summed E-state index contributed by atoms with van der Waals surface area (Å²) < 4.78 is 15.6. The van der Waals surface area contributed by atoms with Gasteiger partial charge >= 0.3 is 0 Å². The first-order valence-electron chi connectivity index (χ1n) is 11.3. The maximum Gasteiger partial charge on any atom is 0.253 e. The SMILES string of the molecule is Cn1cc(CN2CCC(NC(=O)c3ccc(-c4cccc(F)c4)nc3)CC2)c2ccccc21. The second-order valence-corrected chi connectivity index (χ2v) is 8.75. The topological polar surface area (TPSA) is 50.2 Å². The van der Waals surface area contributed by atoms with Crippen molar-refractivity contribution in [3.05, 3.63) is 90.0 Å². The summed E-state index contributed by atoms with van der Waals surface area (Å²) in [6, 6.07) is 18.5. The summed E-state index contributed by atoms with van der Waals surface area (Å²) in [5, 5.41) is 4.46. The second kappa shape index (κ2) is 9.16. The highest BCUT2D eigenvalue weighted by Crippen LogP contribution is 2.23. The third-order valence-corrected chi connectivity index (χ3v) is 6.44. The minimum atomic E-state index is -0.303. The molecule has 0 aliphatic carbocycles. The van der Waals surface area contributed by atoms with Crippen LogP contribution in [0.2, 0.25) is 0 Å². The van der Waals surface area contributed by atoms with Crippen molar-refractivity contribution in [1.82, 2.24) is 19.8 Å². The van der Waals surface area contributed by atoms with E-state index in [9.17, 15) is 9.18 Å². The zero-order valence-corrected chi connectivity index (χ0v) is 18.7. The number of hydrogen-bond acceptors (Lipinski definition) is 3. The number of hydrogen-bond donors (Lipinski definition) is 1. The fourth-order valence-electron chi connectivity index (χ4n) is 4.64. The van der Waals surface area contributed by atoms with Crippen molar-refractivity contribution in [2.45, 2.75) is 25.4 Å². The highest BCUT2D eigenvalue weighted by molar-refractivity contribution is 5.94. The Balaban J connectivity index is 1.16. The van der Waals surface area contributed by atoms with Gasteiger partial charge in [0, 0.05) is 61.6 Å². The van der Waals surface area contributed by atoms with Crippen LogP contribution in [-0.4, -0.2) is 39.5 Å². The molecule has 2 aromatic carbocycles. The maximum absolute atomic E-state index is 13.4. The average molecular weight is 443 g/mol. The van der Waals surface area contributed by atoms with Crippen LogP contribution in [0.3, 0.4) is 0 Å². The highest BCUT2D eigenvalue weighted by atomic mass is 19.1. The van der Waals surface area contributed by atoms with E-state index in [4.69, 9.17) is 0 Å². The van der Waals surface area contributed by atoms with Gasteiger partial charge in [0.15, 0.2) is 0 Å². The molecule has 0 radical (unpaired) electrons. The molecule has 1 fully saturated rings. The quantitative estimate of drug-likeness (QED) is 0.484. The molecule has 168 valence electrons. The minimum absolute atomic E-state index is 0.110. The number of pyridine rings is 1. The van der Waals surface area contributed by atoms with Crippen LogP contribution in [0.15, 0.2) is 73.1 Å². The van der Waals surface area contributed by atoms with Crippen molar-refractivity contribution in [2.24, 2.45) is 7.05 Å². The van der Waals surface area contributed by atoms with Crippen molar-refractivity contribution in [1.29, 1.82) is 0 Å². The Labute approximate surface area is 192 Å². The molecular formula is C27H27FN4O. The lowest BCUT2D eigenvalue weighted by Crippen LogP contribution is -2.44. The molecule has 5 rings (SSSR count). The Kier molecular flexibility index (Phi) is 5.92. The number of likely N-dealkylation sites (tertiary alicyclic amines) is 1. The first kappa shape index (κ1) is 21.3. The van der Waals surface area contributed by atoms with Crippen LogP contribution in [0, 0.1) is 5.82 Å². The summed E-state index contributed by atoms with van der Waals surface area (Å²) >= 11 is 0. The average Bonchev–Trinajstić information content (AvgIpc) is 3.16. The lowest BCUT2D eigenvalue weighted by molar-refractivity contribution is 0.0908. The summed E-state index contributed by atoms with van der Waals surface area (Å²) in [5.41, 5.74) is 4.47. The predicted octanol–water partition coefficient (Wildman–Crippen LogP) is 4.77. The highest BCUT2D eigenvalue weighted by Gasteiger charge is 2.22. The van der Waals surface area contributed by atoms with Crippen LogP contribution in [0.5, 0.6) is 0 Å². The van der Waals surface area contributed by atoms with Gasteiger partial charge in [0.05, 0.1) is 11.3 Å². The number of rotatable bonds is 5. The van der Waals surface area contributed by atoms with Crippen LogP contribution in [-0.2, 0) is 13.6 Å². The van der Waals surface area contributed by atoms with Crippen molar-refractivity contribution in [3.8, 4) is 11.3 Å². The normalized spacial score (nSPS) is 15.1. The number of benzene rings is 2. The zero-order valence-electron chi connectivity index (χ0n) is 18.7. The number of piperidine rings is 1. The summed E-state index contributed by atoms with van der Waals surface area (Å²) in [6.45, 7) is 2.82. The molecule has 1 amide bonds. The molecule has 0 spiro atoms. The fourth-order valence-corrected chi connectivity index (χ4v) is 4.64. The van der Waals surface area contributed by atoms with Crippen molar-refractivity contribution in [3.63, 3.8) is 0 Å². The first-order chi connectivity index (χ1) is 16.1. The largest absolute Gasteiger partial charge is 0.350 e. The van der Waals surface area contributed by atoms with Gasteiger partial charge in [0.1, 0.15) is 5.82 Å². The van der Waals surface area contributed by atoms with Crippen molar-refractivity contribution < 1.29 is 9.18 Å². The Hall–Kier alpha value is -3.51.